The molecule has 0 heterocycles. The average Bonchev–Trinajstić information content (AvgIpc) is 2.84. The Bertz CT molecular complexity index is 1050. The van der Waals surface area contributed by atoms with Gasteiger partial charge in [-0.1, -0.05) is 55.4 Å². The summed E-state index contributed by atoms with van der Waals surface area (Å²) < 4.78 is 25.4. The lowest BCUT2D eigenvalue weighted by atomic mass is 9.99. The van der Waals surface area contributed by atoms with E-state index in [4.69, 9.17) is 18.9 Å². The Morgan fingerprint density at radius 2 is 0.737 bits per heavy atom. The van der Waals surface area contributed by atoms with Crippen molar-refractivity contribution in [1.82, 2.24) is 0 Å². The highest BCUT2D eigenvalue weighted by Crippen LogP contribution is 2.45. The van der Waals surface area contributed by atoms with Crippen LogP contribution in [0.25, 0.3) is 21.5 Å². The van der Waals surface area contributed by atoms with Crippen molar-refractivity contribution in [2.75, 3.05) is 26.4 Å². The summed E-state index contributed by atoms with van der Waals surface area (Å²) >= 11 is 0. The van der Waals surface area contributed by atoms with Crippen molar-refractivity contribution in [2.45, 2.75) is 81.1 Å². The van der Waals surface area contributed by atoms with E-state index in [0.29, 0.717) is 50.1 Å². The van der Waals surface area contributed by atoms with Gasteiger partial charge in [-0.3, -0.25) is 0 Å². The van der Waals surface area contributed by atoms with Gasteiger partial charge in [-0.05, 0) is 85.8 Å². The first-order valence-electron chi connectivity index (χ1n) is 14.7. The Hall–Kier alpha value is -2.62. The molecule has 3 aromatic carbocycles. The topological polar surface area (TPSA) is 36.9 Å². The van der Waals surface area contributed by atoms with Crippen LogP contribution in [-0.4, -0.2) is 26.4 Å². The zero-order valence-corrected chi connectivity index (χ0v) is 25.1. The molecule has 0 aromatic heterocycles. The molecule has 0 aliphatic heterocycles. The molecule has 38 heavy (non-hydrogen) atoms. The number of hydrogen-bond acceptors (Lipinski definition) is 4. The SMILES string of the molecule is CC(C)CCOc1ccc2c(OCCC(C)C)c3cc(OCCC(C)C)ccc3c(OCCC(C)C)c2c1. The molecule has 0 radical (unpaired) electrons. The van der Waals surface area contributed by atoms with Gasteiger partial charge in [-0.25, -0.2) is 0 Å². The minimum Gasteiger partial charge on any atom is -0.494 e. The predicted molar refractivity (Wildman–Crippen MR) is 161 cm³/mol. The van der Waals surface area contributed by atoms with Gasteiger partial charge in [0.1, 0.15) is 23.0 Å². The van der Waals surface area contributed by atoms with Gasteiger partial charge in [-0.2, -0.15) is 0 Å². The largest absolute Gasteiger partial charge is 0.494 e. The molecule has 0 aliphatic rings. The Labute approximate surface area is 231 Å². The second-order valence-electron chi connectivity index (χ2n) is 12.2. The van der Waals surface area contributed by atoms with E-state index in [1.807, 2.05) is 0 Å². The van der Waals surface area contributed by atoms with Crippen LogP contribution >= 0.6 is 0 Å². The molecule has 0 saturated carbocycles. The quantitative estimate of drug-likeness (QED) is 0.175. The molecule has 4 heteroatoms. The van der Waals surface area contributed by atoms with Gasteiger partial charge in [0, 0.05) is 21.5 Å². The summed E-state index contributed by atoms with van der Waals surface area (Å²) in [4.78, 5) is 0. The predicted octanol–water partition coefficient (Wildman–Crippen LogP) is 9.69. The smallest absolute Gasteiger partial charge is 0.135 e. The third-order valence-corrected chi connectivity index (χ3v) is 6.77. The number of ether oxygens (including phenoxy) is 4. The van der Waals surface area contributed by atoms with Crippen molar-refractivity contribution < 1.29 is 18.9 Å². The fraction of sp³-hybridized carbons (Fsp3) is 0.588. The molecule has 0 N–H and O–H groups in total. The Morgan fingerprint density at radius 1 is 0.421 bits per heavy atom. The van der Waals surface area contributed by atoms with Gasteiger partial charge in [0.15, 0.2) is 0 Å². The number of benzene rings is 3. The van der Waals surface area contributed by atoms with Crippen molar-refractivity contribution in [1.29, 1.82) is 0 Å². The lowest BCUT2D eigenvalue weighted by molar-refractivity contribution is 0.286. The monoisotopic (exact) mass is 522 g/mol. The van der Waals surface area contributed by atoms with Crippen LogP contribution in [0.1, 0.15) is 81.1 Å². The van der Waals surface area contributed by atoms with Gasteiger partial charge in [0.25, 0.3) is 0 Å². The molecule has 0 spiro atoms. The van der Waals surface area contributed by atoms with Gasteiger partial charge < -0.3 is 18.9 Å². The third-order valence-electron chi connectivity index (χ3n) is 6.77. The van der Waals surface area contributed by atoms with E-state index >= 15 is 0 Å². The van der Waals surface area contributed by atoms with Gasteiger partial charge in [0.2, 0.25) is 0 Å². The summed E-state index contributed by atoms with van der Waals surface area (Å²) in [7, 11) is 0. The van der Waals surface area contributed by atoms with Crippen LogP contribution in [0.3, 0.4) is 0 Å². The molecule has 4 nitrogen and oxygen atoms in total. The number of rotatable bonds is 16. The van der Waals surface area contributed by atoms with Crippen LogP contribution in [0.5, 0.6) is 23.0 Å². The summed E-state index contributed by atoms with van der Waals surface area (Å²) in [5.41, 5.74) is 0. The van der Waals surface area contributed by atoms with Crippen molar-refractivity contribution in [2.24, 2.45) is 23.7 Å². The molecule has 0 saturated heterocycles. The van der Waals surface area contributed by atoms with E-state index in [1.54, 1.807) is 0 Å². The molecule has 3 rings (SSSR count). The van der Waals surface area contributed by atoms with Crippen molar-refractivity contribution in [3.63, 3.8) is 0 Å². The maximum Gasteiger partial charge on any atom is 0.135 e. The summed E-state index contributed by atoms with van der Waals surface area (Å²) in [6.07, 6.45) is 4.04. The standard InChI is InChI=1S/C34H50O4/c1-23(2)13-17-35-27-9-11-29-31(21-27)33(37-19-15-25(5)6)30-12-10-28(36-18-14-24(3)4)22-32(30)34(29)38-20-16-26(7)8/h9-12,21-26H,13-20H2,1-8H3. The van der Waals surface area contributed by atoms with Crippen LogP contribution in [0, 0.1) is 23.7 Å². The zero-order chi connectivity index (χ0) is 27.7. The summed E-state index contributed by atoms with van der Waals surface area (Å²) in [6.45, 7) is 20.5. The molecule has 3 aromatic rings. The minimum atomic E-state index is 0.571. The number of fused-ring (bicyclic) bond motifs is 2. The maximum atomic E-state index is 6.54. The average molecular weight is 523 g/mol. The normalized spacial score (nSPS) is 11.9. The van der Waals surface area contributed by atoms with E-state index in [-0.39, 0.29) is 0 Å². The molecule has 0 amide bonds. The van der Waals surface area contributed by atoms with Crippen LogP contribution in [0.4, 0.5) is 0 Å². The van der Waals surface area contributed by atoms with Crippen LogP contribution in [0.15, 0.2) is 36.4 Å². The van der Waals surface area contributed by atoms with E-state index in [2.05, 4.69) is 91.8 Å². The summed E-state index contributed by atoms with van der Waals surface area (Å²) in [6, 6.07) is 12.6. The van der Waals surface area contributed by atoms with E-state index in [9.17, 15) is 0 Å². The van der Waals surface area contributed by atoms with E-state index in [0.717, 1.165) is 70.2 Å². The highest BCUT2D eigenvalue weighted by Gasteiger charge is 2.19. The number of hydrogen-bond donors (Lipinski definition) is 0. The molecular formula is C34H50O4. The van der Waals surface area contributed by atoms with Crippen molar-refractivity contribution in [3.05, 3.63) is 36.4 Å². The molecule has 0 unspecified atom stereocenters. The van der Waals surface area contributed by atoms with Crippen LogP contribution < -0.4 is 18.9 Å². The van der Waals surface area contributed by atoms with Gasteiger partial charge >= 0.3 is 0 Å². The molecule has 0 aliphatic carbocycles. The highest BCUT2D eigenvalue weighted by atomic mass is 16.5. The Kier molecular flexibility index (Phi) is 11.4. The summed E-state index contributed by atoms with van der Waals surface area (Å²) in [5, 5.41) is 4.18. The second kappa shape index (κ2) is 14.5. The molecule has 0 bridgehead atoms. The Balaban J connectivity index is 2.12. The third kappa shape index (κ3) is 8.71. The van der Waals surface area contributed by atoms with E-state index in [1.165, 1.54) is 0 Å². The first kappa shape index (κ1) is 29.9. The van der Waals surface area contributed by atoms with Gasteiger partial charge in [0.05, 0.1) is 26.4 Å². The summed E-state index contributed by atoms with van der Waals surface area (Å²) in [5.74, 6) is 5.88. The zero-order valence-electron chi connectivity index (χ0n) is 25.1. The fourth-order valence-corrected chi connectivity index (χ4v) is 4.22. The highest BCUT2D eigenvalue weighted by molar-refractivity contribution is 6.11. The maximum absolute atomic E-state index is 6.54. The molecule has 0 atom stereocenters. The molecular weight excluding hydrogens is 472 g/mol. The van der Waals surface area contributed by atoms with Crippen molar-refractivity contribution in [3.8, 4) is 23.0 Å². The molecule has 0 fully saturated rings. The van der Waals surface area contributed by atoms with Gasteiger partial charge in [-0.15, -0.1) is 0 Å². The van der Waals surface area contributed by atoms with Crippen LogP contribution in [0.2, 0.25) is 0 Å². The van der Waals surface area contributed by atoms with E-state index < -0.39 is 0 Å². The van der Waals surface area contributed by atoms with Crippen molar-refractivity contribution >= 4 is 21.5 Å². The van der Waals surface area contributed by atoms with Crippen LogP contribution in [-0.2, 0) is 0 Å². The fourth-order valence-electron chi connectivity index (χ4n) is 4.22. The molecule has 210 valence electrons. The lowest BCUT2D eigenvalue weighted by Crippen LogP contribution is -2.06. The second-order valence-corrected chi connectivity index (χ2v) is 12.2. The Morgan fingerprint density at radius 3 is 1.05 bits per heavy atom. The lowest BCUT2D eigenvalue weighted by Gasteiger charge is -2.20. The first-order valence-corrected chi connectivity index (χ1v) is 14.7. The first-order chi connectivity index (χ1) is 18.2. The minimum absolute atomic E-state index is 0.571.